The Morgan fingerprint density at radius 3 is 2.63 bits per heavy atom. The number of anilines is 1. The molecule has 1 heterocycles. The van der Waals surface area contributed by atoms with Gasteiger partial charge < -0.3 is 19.9 Å². The Balaban J connectivity index is 1.85. The molecule has 2 aromatic rings. The Morgan fingerprint density at radius 1 is 1.20 bits per heavy atom. The summed E-state index contributed by atoms with van der Waals surface area (Å²) in [6, 6.07) is 9.47. The van der Waals surface area contributed by atoms with E-state index in [2.05, 4.69) is 5.32 Å². The highest BCUT2D eigenvalue weighted by molar-refractivity contribution is 5.89. The average molecular weight is 492 g/mol. The highest BCUT2D eigenvalue weighted by Gasteiger charge is 2.37. The van der Waals surface area contributed by atoms with Crippen LogP contribution in [0.5, 0.6) is 0 Å². The molecule has 3 rings (SSSR count). The quantitative estimate of drug-likeness (QED) is 0.475. The van der Waals surface area contributed by atoms with E-state index in [1.807, 2.05) is 0 Å². The van der Waals surface area contributed by atoms with Gasteiger partial charge in [-0.1, -0.05) is 12.1 Å². The minimum Gasteiger partial charge on any atom is -0.383 e. The molecule has 186 valence electrons. The van der Waals surface area contributed by atoms with Crippen molar-refractivity contribution in [2.24, 2.45) is 0 Å². The molecule has 0 saturated carbocycles. The average Bonchev–Trinajstić information content (AvgIpc) is 2.82. The van der Waals surface area contributed by atoms with Crippen molar-refractivity contribution in [2.45, 2.75) is 18.6 Å². The van der Waals surface area contributed by atoms with Gasteiger partial charge in [0.2, 0.25) is 11.8 Å². The van der Waals surface area contributed by atoms with E-state index in [0.717, 1.165) is 12.1 Å². The molecule has 0 bridgehead atoms. The molecule has 0 spiro atoms. The second-order valence-corrected chi connectivity index (χ2v) is 7.98. The predicted molar refractivity (Wildman–Crippen MR) is 119 cm³/mol. The second kappa shape index (κ2) is 11.2. The van der Waals surface area contributed by atoms with E-state index in [1.165, 1.54) is 36.3 Å². The highest BCUT2D eigenvalue weighted by atomic mass is 19.4. The number of piperazine rings is 1. The molecular formula is C24H24F4N4O3. The number of nitrogens with one attached hydrogen (secondary N) is 1. The van der Waals surface area contributed by atoms with Crippen molar-refractivity contribution in [3.63, 3.8) is 0 Å². The predicted octanol–water partition coefficient (Wildman–Crippen LogP) is 2.74. The number of carbonyl (C=O) groups excluding carboxylic acids is 2. The molecule has 1 fully saturated rings. The minimum absolute atomic E-state index is 0.0586. The van der Waals surface area contributed by atoms with Crippen molar-refractivity contribution in [2.75, 3.05) is 44.8 Å². The zero-order chi connectivity index (χ0) is 25.6. The smallest absolute Gasteiger partial charge is 0.383 e. The molecule has 11 heteroatoms. The molecule has 1 saturated heterocycles. The van der Waals surface area contributed by atoms with E-state index in [0.29, 0.717) is 5.56 Å². The van der Waals surface area contributed by atoms with Crippen LogP contribution >= 0.6 is 0 Å². The fraction of sp³-hybridized carbons (Fsp3) is 0.375. The number of benzene rings is 2. The van der Waals surface area contributed by atoms with E-state index in [1.54, 1.807) is 17.0 Å². The Bertz CT molecular complexity index is 1120. The van der Waals surface area contributed by atoms with E-state index < -0.39 is 41.0 Å². The van der Waals surface area contributed by atoms with Crippen LogP contribution in [0.3, 0.4) is 0 Å². The summed E-state index contributed by atoms with van der Waals surface area (Å²) < 4.78 is 58.8. The lowest BCUT2D eigenvalue weighted by molar-refractivity contribution is -0.140. The summed E-state index contributed by atoms with van der Waals surface area (Å²) in [5.74, 6) is -1.38. The number of ether oxygens (including phenoxy) is 1. The van der Waals surface area contributed by atoms with Gasteiger partial charge in [0.15, 0.2) is 0 Å². The van der Waals surface area contributed by atoms with Crippen LogP contribution in [0, 0.1) is 17.1 Å². The molecule has 1 aliphatic heterocycles. The van der Waals surface area contributed by atoms with Crippen molar-refractivity contribution < 1.29 is 31.9 Å². The number of hydrogen-bond donors (Lipinski definition) is 1. The van der Waals surface area contributed by atoms with Gasteiger partial charge in [0.1, 0.15) is 11.9 Å². The van der Waals surface area contributed by atoms with Crippen molar-refractivity contribution in [1.29, 1.82) is 5.26 Å². The standard InChI is InChI=1S/C24H24F4N4O3/c1-35-10-7-30-23(34)21-15-31(19-6-5-17(14-29)20(13-19)24(26,27)28)8-9-32(21)22(33)12-16-3-2-4-18(25)11-16/h2-6,11,13,21H,7-10,12,15H2,1H3,(H,30,34). The molecule has 0 aliphatic carbocycles. The van der Waals surface area contributed by atoms with Gasteiger partial charge in [-0.15, -0.1) is 0 Å². The van der Waals surface area contributed by atoms with Gasteiger partial charge in [-0.3, -0.25) is 9.59 Å². The van der Waals surface area contributed by atoms with Crippen LogP contribution in [-0.2, 0) is 26.9 Å². The zero-order valence-electron chi connectivity index (χ0n) is 18.9. The van der Waals surface area contributed by atoms with Gasteiger partial charge in [0, 0.05) is 39.0 Å². The molecule has 1 N–H and O–H groups in total. The van der Waals surface area contributed by atoms with Crippen LogP contribution in [0.25, 0.3) is 0 Å². The van der Waals surface area contributed by atoms with Crippen molar-refractivity contribution in [1.82, 2.24) is 10.2 Å². The molecule has 2 aromatic carbocycles. The molecule has 1 atom stereocenters. The summed E-state index contributed by atoms with van der Waals surface area (Å²) >= 11 is 0. The maximum atomic E-state index is 13.5. The lowest BCUT2D eigenvalue weighted by atomic mass is 10.0. The van der Waals surface area contributed by atoms with Crippen LogP contribution in [-0.4, -0.2) is 62.7 Å². The second-order valence-electron chi connectivity index (χ2n) is 7.98. The van der Waals surface area contributed by atoms with Crippen LogP contribution in [0.1, 0.15) is 16.7 Å². The van der Waals surface area contributed by atoms with Crippen LogP contribution in [0.2, 0.25) is 0 Å². The van der Waals surface area contributed by atoms with Gasteiger partial charge >= 0.3 is 6.18 Å². The first-order chi connectivity index (χ1) is 16.6. The number of amides is 2. The number of alkyl halides is 3. The number of carbonyl (C=O) groups is 2. The summed E-state index contributed by atoms with van der Waals surface area (Å²) in [6.45, 7) is 0.603. The monoisotopic (exact) mass is 492 g/mol. The van der Waals surface area contributed by atoms with Gasteiger partial charge in [-0.2, -0.15) is 18.4 Å². The molecule has 35 heavy (non-hydrogen) atoms. The first-order valence-corrected chi connectivity index (χ1v) is 10.8. The third kappa shape index (κ3) is 6.48. The van der Waals surface area contributed by atoms with E-state index in [-0.39, 0.29) is 44.9 Å². The maximum Gasteiger partial charge on any atom is 0.417 e. The van der Waals surface area contributed by atoms with Crippen LogP contribution < -0.4 is 10.2 Å². The number of rotatable bonds is 7. The van der Waals surface area contributed by atoms with Gasteiger partial charge in [-0.25, -0.2) is 4.39 Å². The molecule has 2 amide bonds. The molecule has 7 nitrogen and oxygen atoms in total. The molecule has 1 aliphatic rings. The van der Waals surface area contributed by atoms with Crippen LogP contribution in [0.15, 0.2) is 42.5 Å². The summed E-state index contributed by atoms with van der Waals surface area (Å²) in [7, 11) is 1.46. The Kier molecular flexibility index (Phi) is 8.30. The van der Waals surface area contributed by atoms with Crippen molar-refractivity contribution in [3.8, 4) is 6.07 Å². The number of hydrogen-bond acceptors (Lipinski definition) is 5. The van der Waals surface area contributed by atoms with Gasteiger partial charge in [0.05, 0.1) is 30.2 Å². The third-order valence-electron chi connectivity index (χ3n) is 5.65. The maximum absolute atomic E-state index is 13.5. The van der Waals surface area contributed by atoms with Gasteiger partial charge in [-0.05, 0) is 35.9 Å². The summed E-state index contributed by atoms with van der Waals surface area (Å²) in [6.07, 6.45) is -4.85. The number of halogens is 4. The lowest BCUT2D eigenvalue weighted by Crippen LogP contribution is -2.61. The Morgan fingerprint density at radius 2 is 1.97 bits per heavy atom. The number of nitriles is 1. The minimum atomic E-state index is -4.72. The van der Waals surface area contributed by atoms with Crippen LogP contribution in [0.4, 0.5) is 23.2 Å². The fourth-order valence-corrected chi connectivity index (χ4v) is 3.92. The SMILES string of the molecule is COCCNC(=O)C1CN(c2ccc(C#N)c(C(F)(F)F)c2)CCN1C(=O)Cc1cccc(F)c1. The summed E-state index contributed by atoms with van der Waals surface area (Å²) in [5, 5.41) is 11.7. The van der Waals surface area contributed by atoms with Crippen molar-refractivity contribution in [3.05, 3.63) is 65.0 Å². The molecular weight excluding hydrogens is 468 g/mol. The lowest BCUT2D eigenvalue weighted by Gasteiger charge is -2.41. The number of methoxy groups -OCH3 is 1. The third-order valence-corrected chi connectivity index (χ3v) is 5.65. The summed E-state index contributed by atoms with van der Waals surface area (Å²) in [5.41, 5.74) is -0.941. The largest absolute Gasteiger partial charge is 0.417 e. The van der Waals surface area contributed by atoms with Gasteiger partial charge in [0.25, 0.3) is 0 Å². The normalized spacial score (nSPS) is 16.1. The first kappa shape index (κ1) is 26.0. The Hall–Kier alpha value is -3.65. The van der Waals surface area contributed by atoms with E-state index in [4.69, 9.17) is 10.00 Å². The van der Waals surface area contributed by atoms with Crippen molar-refractivity contribution >= 4 is 17.5 Å². The topological polar surface area (TPSA) is 85.7 Å². The van der Waals surface area contributed by atoms with E-state index in [9.17, 15) is 27.2 Å². The molecule has 0 radical (unpaired) electrons. The van der Waals surface area contributed by atoms with E-state index >= 15 is 0 Å². The summed E-state index contributed by atoms with van der Waals surface area (Å²) in [4.78, 5) is 28.9. The molecule has 1 unspecified atom stereocenters. The highest BCUT2D eigenvalue weighted by Crippen LogP contribution is 2.35. The number of nitrogens with zero attached hydrogens (tertiary/aromatic N) is 3. The fourth-order valence-electron chi connectivity index (χ4n) is 3.92. The first-order valence-electron chi connectivity index (χ1n) is 10.8. The Labute approximate surface area is 199 Å². The molecule has 0 aromatic heterocycles. The zero-order valence-corrected chi connectivity index (χ0v) is 18.9.